The number of aromatic amines is 1. The minimum absolute atomic E-state index is 0.130. The van der Waals surface area contributed by atoms with E-state index in [2.05, 4.69) is 29.4 Å². The average molecular weight is 652 g/mol. The van der Waals surface area contributed by atoms with Crippen molar-refractivity contribution in [3.8, 4) is 5.69 Å². The number of aliphatic hydroxyl groups excluding tert-OH is 1. The van der Waals surface area contributed by atoms with Crippen molar-refractivity contribution in [2.75, 3.05) is 25.0 Å². The first-order chi connectivity index (χ1) is 23.3. The number of benzene rings is 2. The molecule has 1 unspecified atom stereocenters. The fraction of sp³-hybridized carbons (Fsp3) is 0.432. The lowest BCUT2D eigenvalue weighted by Gasteiger charge is -2.36. The molecule has 0 radical (unpaired) electrons. The summed E-state index contributed by atoms with van der Waals surface area (Å²) in [7, 11) is 0. The van der Waals surface area contributed by atoms with Gasteiger partial charge in [-0.2, -0.15) is 10.2 Å². The molecule has 3 N–H and O–H groups in total. The average Bonchev–Trinajstić information content (AvgIpc) is 3.84. The zero-order valence-corrected chi connectivity index (χ0v) is 28.1. The Balaban J connectivity index is 1.37. The summed E-state index contributed by atoms with van der Waals surface area (Å²) in [5.41, 5.74) is 6.68. The van der Waals surface area contributed by atoms with Crippen LogP contribution < -0.4 is 5.32 Å². The van der Waals surface area contributed by atoms with Gasteiger partial charge in [-0.3, -0.25) is 19.5 Å². The van der Waals surface area contributed by atoms with Crippen LogP contribution in [-0.4, -0.2) is 78.3 Å². The van der Waals surface area contributed by atoms with Gasteiger partial charge >= 0.3 is 0 Å². The molecule has 11 heteroatoms. The van der Waals surface area contributed by atoms with Gasteiger partial charge in [-0.05, 0) is 80.8 Å². The van der Waals surface area contributed by atoms with Crippen molar-refractivity contribution in [3.05, 3.63) is 93.6 Å². The highest BCUT2D eigenvalue weighted by Crippen LogP contribution is 2.30. The van der Waals surface area contributed by atoms with E-state index in [-0.39, 0.29) is 24.3 Å². The fourth-order valence-corrected chi connectivity index (χ4v) is 6.81. The van der Waals surface area contributed by atoms with Gasteiger partial charge in [0.1, 0.15) is 0 Å². The van der Waals surface area contributed by atoms with Gasteiger partial charge in [0.25, 0.3) is 17.7 Å². The molecule has 2 aromatic carbocycles. The Hall–Kier alpha value is -4.77. The maximum absolute atomic E-state index is 14.6. The zero-order valence-electron chi connectivity index (χ0n) is 28.1. The first-order valence-electron chi connectivity index (χ1n) is 17.2. The number of amides is 3. The summed E-state index contributed by atoms with van der Waals surface area (Å²) in [5, 5.41) is 25.3. The molecular formula is C37H45N7O4. The lowest BCUT2D eigenvalue weighted by molar-refractivity contribution is 0.0544. The zero-order chi connectivity index (χ0) is 33.8. The highest BCUT2D eigenvalue weighted by molar-refractivity contribution is 6.06. The van der Waals surface area contributed by atoms with Gasteiger partial charge in [0, 0.05) is 42.3 Å². The number of nitrogens with zero attached hydrogens (tertiary/aromatic N) is 5. The summed E-state index contributed by atoms with van der Waals surface area (Å²) >= 11 is 0. The second-order valence-corrected chi connectivity index (χ2v) is 12.9. The van der Waals surface area contributed by atoms with Gasteiger partial charge < -0.3 is 20.2 Å². The molecule has 48 heavy (non-hydrogen) atoms. The van der Waals surface area contributed by atoms with Crippen molar-refractivity contribution < 1.29 is 19.5 Å². The molecular weight excluding hydrogens is 606 g/mol. The molecule has 1 aliphatic heterocycles. The number of anilines is 1. The molecule has 1 atom stereocenters. The topological polar surface area (TPSA) is 136 Å². The van der Waals surface area contributed by atoms with Crippen molar-refractivity contribution in [1.29, 1.82) is 0 Å². The predicted octanol–water partition coefficient (Wildman–Crippen LogP) is 5.25. The van der Waals surface area contributed by atoms with Crippen LogP contribution in [0.4, 0.5) is 5.69 Å². The van der Waals surface area contributed by atoms with E-state index in [1.54, 1.807) is 33.8 Å². The summed E-state index contributed by atoms with van der Waals surface area (Å²) in [6.45, 7) is 7.55. The summed E-state index contributed by atoms with van der Waals surface area (Å²) < 4.78 is 1.64. The summed E-state index contributed by atoms with van der Waals surface area (Å²) in [6.07, 6.45) is 6.96. The number of carbonyl (C=O) groups is 3. The van der Waals surface area contributed by atoms with Gasteiger partial charge in [-0.25, -0.2) is 4.68 Å². The van der Waals surface area contributed by atoms with Gasteiger partial charge in [0.05, 0.1) is 23.9 Å². The van der Waals surface area contributed by atoms with Gasteiger partial charge in [0.2, 0.25) is 0 Å². The molecule has 11 nitrogen and oxygen atoms in total. The van der Waals surface area contributed by atoms with Gasteiger partial charge in [0.15, 0.2) is 11.4 Å². The molecule has 3 amide bonds. The number of unbranched alkanes of at least 4 members (excludes halogenated alkanes) is 2. The number of fused-ring (bicyclic) bond motifs is 2. The molecule has 4 aromatic rings. The Bertz CT molecular complexity index is 1800. The molecule has 6 rings (SSSR count). The smallest absolute Gasteiger partial charge is 0.276 e. The molecule has 2 aliphatic rings. The minimum atomic E-state index is -0.424. The number of aliphatic hydroxyl groups is 1. The van der Waals surface area contributed by atoms with Crippen LogP contribution in [-0.2, 0) is 25.8 Å². The maximum atomic E-state index is 14.6. The number of nitrogens with one attached hydrogen (secondary N) is 2. The third-order valence-electron chi connectivity index (χ3n) is 9.52. The van der Waals surface area contributed by atoms with Crippen LogP contribution in [0.2, 0.25) is 0 Å². The Labute approximate surface area is 281 Å². The number of hydrogen-bond acceptors (Lipinski definition) is 6. The van der Waals surface area contributed by atoms with Crippen molar-refractivity contribution in [2.24, 2.45) is 0 Å². The highest BCUT2D eigenvalue weighted by Gasteiger charge is 2.32. The molecule has 0 fully saturated rings. The van der Waals surface area contributed by atoms with Crippen molar-refractivity contribution in [2.45, 2.75) is 84.7 Å². The number of rotatable bonds is 12. The maximum Gasteiger partial charge on any atom is 0.276 e. The highest BCUT2D eigenvalue weighted by atomic mass is 16.3. The Kier molecular flexibility index (Phi) is 10.0. The van der Waals surface area contributed by atoms with Gasteiger partial charge in [-0.1, -0.05) is 51.0 Å². The largest absolute Gasteiger partial charge is 0.394 e. The lowest BCUT2D eigenvalue weighted by Crippen LogP contribution is -2.46. The Morgan fingerprint density at radius 2 is 1.77 bits per heavy atom. The molecule has 0 saturated heterocycles. The first kappa shape index (κ1) is 33.1. The van der Waals surface area contributed by atoms with E-state index in [4.69, 9.17) is 5.10 Å². The van der Waals surface area contributed by atoms with E-state index in [0.29, 0.717) is 60.1 Å². The van der Waals surface area contributed by atoms with E-state index in [1.165, 1.54) is 0 Å². The first-order valence-corrected chi connectivity index (χ1v) is 17.2. The summed E-state index contributed by atoms with van der Waals surface area (Å²) in [6, 6.07) is 14.4. The normalized spacial score (nSPS) is 15.2. The quantitative estimate of drug-likeness (QED) is 0.192. The standard InChI is InChI=1S/C37H45N7O4/c1-4-6-17-42(18-7-5-2)37(48)32-19-24(3)44(41-32)33-16-15-27(38-35(46)34-29-13-10-14-31(29)39-40-34)21-30(33)36(47)43-22-26-12-9-8-11-25(26)20-28(43)23-45/h8-9,11-12,15-16,19,21,28,45H,4-7,10,13-14,17-18,20,22-23H2,1-3H3,(H,38,46)(H,39,40). The van der Waals surface area contributed by atoms with Crippen molar-refractivity contribution in [3.63, 3.8) is 0 Å². The monoisotopic (exact) mass is 651 g/mol. The van der Waals surface area contributed by atoms with Crippen LogP contribution in [0.1, 0.15) is 105 Å². The third kappa shape index (κ3) is 6.64. The number of hydrogen-bond donors (Lipinski definition) is 3. The van der Waals surface area contributed by atoms with Crippen LogP contribution in [0.3, 0.4) is 0 Å². The third-order valence-corrected chi connectivity index (χ3v) is 9.52. The van der Waals surface area contributed by atoms with E-state index < -0.39 is 6.04 Å². The predicted molar refractivity (Wildman–Crippen MR) is 183 cm³/mol. The second kappa shape index (κ2) is 14.6. The molecule has 3 heterocycles. The molecule has 252 valence electrons. The molecule has 0 saturated carbocycles. The lowest BCUT2D eigenvalue weighted by atomic mass is 9.93. The molecule has 0 spiro atoms. The minimum Gasteiger partial charge on any atom is -0.394 e. The van der Waals surface area contributed by atoms with Crippen LogP contribution in [0, 0.1) is 6.92 Å². The summed E-state index contributed by atoms with van der Waals surface area (Å²) in [5.74, 6) is -0.774. The SMILES string of the molecule is CCCCN(CCCC)C(=O)c1cc(C)n(-c2ccc(NC(=O)c3n[nH]c4c3CCC4)cc2C(=O)N2Cc3ccccc3CC2CO)n1. The van der Waals surface area contributed by atoms with Gasteiger partial charge in [-0.15, -0.1) is 0 Å². The fourth-order valence-electron chi connectivity index (χ4n) is 6.81. The number of aromatic nitrogens is 4. The molecule has 2 aromatic heterocycles. The number of carbonyl (C=O) groups excluding carboxylic acids is 3. The van der Waals surface area contributed by atoms with Crippen LogP contribution in [0.25, 0.3) is 5.69 Å². The Morgan fingerprint density at radius 3 is 2.50 bits per heavy atom. The molecule has 0 bridgehead atoms. The van der Waals surface area contributed by atoms with Crippen molar-refractivity contribution >= 4 is 23.4 Å². The summed E-state index contributed by atoms with van der Waals surface area (Å²) in [4.78, 5) is 45.2. The van der Waals surface area contributed by atoms with Crippen LogP contribution >= 0.6 is 0 Å². The second-order valence-electron chi connectivity index (χ2n) is 12.9. The molecule has 1 aliphatic carbocycles. The van der Waals surface area contributed by atoms with Crippen molar-refractivity contribution in [1.82, 2.24) is 29.8 Å². The van der Waals surface area contributed by atoms with E-state index in [9.17, 15) is 19.5 Å². The number of aryl methyl sites for hydroxylation is 2. The van der Waals surface area contributed by atoms with Crippen LogP contribution in [0.15, 0.2) is 48.5 Å². The Morgan fingerprint density at radius 1 is 1.02 bits per heavy atom. The van der Waals surface area contributed by atoms with E-state index in [0.717, 1.165) is 67.3 Å². The number of H-pyrrole nitrogens is 1. The van der Waals surface area contributed by atoms with E-state index in [1.807, 2.05) is 36.1 Å². The van der Waals surface area contributed by atoms with E-state index >= 15 is 0 Å². The van der Waals surface area contributed by atoms with Crippen LogP contribution in [0.5, 0.6) is 0 Å².